The van der Waals surface area contributed by atoms with Crippen LogP contribution in [-0.4, -0.2) is 16.5 Å². The number of aryl methyl sites for hydroxylation is 1. The van der Waals surface area contributed by atoms with Crippen molar-refractivity contribution in [2.24, 2.45) is 0 Å². The van der Waals surface area contributed by atoms with E-state index in [0.29, 0.717) is 0 Å². The van der Waals surface area contributed by atoms with E-state index in [-0.39, 0.29) is 11.7 Å². The number of anilines is 1. The molecule has 0 amide bonds. The number of aromatic nitrogens is 2. The average Bonchev–Trinajstić information content (AvgIpc) is 2.41. The molecule has 0 spiro atoms. The highest BCUT2D eigenvalue weighted by Gasteiger charge is 2.11. The summed E-state index contributed by atoms with van der Waals surface area (Å²) in [5.74, 6) is 1.52. The van der Waals surface area contributed by atoms with E-state index in [9.17, 15) is 4.39 Å². The maximum Gasteiger partial charge on any atom is 0.133 e. The molecule has 1 N–H and O–H groups in total. The molecule has 0 saturated heterocycles. The first-order valence-electron chi connectivity index (χ1n) is 6.90. The van der Waals surface area contributed by atoms with Gasteiger partial charge in [-0.05, 0) is 31.5 Å². The van der Waals surface area contributed by atoms with Gasteiger partial charge in [0.15, 0.2) is 0 Å². The number of hydrogen-bond acceptors (Lipinski definition) is 3. The van der Waals surface area contributed by atoms with Crippen molar-refractivity contribution in [3.05, 3.63) is 41.5 Å². The summed E-state index contributed by atoms with van der Waals surface area (Å²) in [6, 6.07) is 6.64. The van der Waals surface area contributed by atoms with Crippen LogP contribution in [0.25, 0.3) is 11.3 Å². The zero-order valence-corrected chi connectivity index (χ0v) is 12.4. The molecule has 0 aliphatic heterocycles. The van der Waals surface area contributed by atoms with E-state index in [4.69, 9.17) is 0 Å². The van der Waals surface area contributed by atoms with Crippen LogP contribution in [0.2, 0.25) is 0 Å². The van der Waals surface area contributed by atoms with Crippen molar-refractivity contribution in [2.45, 2.75) is 33.6 Å². The van der Waals surface area contributed by atoms with Crippen LogP contribution in [0.3, 0.4) is 0 Å². The Labute approximate surface area is 119 Å². The Kier molecular flexibility index (Phi) is 4.32. The Morgan fingerprint density at radius 1 is 1.20 bits per heavy atom. The molecule has 0 saturated carbocycles. The van der Waals surface area contributed by atoms with Gasteiger partial charge in [-0.3, -0.25) is 0 Å². The fraction of sp³-hybridized carbons (Fsp3) is 0.375. The first-order chi connectivity index (χ1) is 9.51. The van der Waals surface area contributed by atoms with Crippen molar-refractivity contribution in [2.75, 3.05) is 11.9 Å². The van der Waals surface area contributed by atoms with Crippen LogP contribution >= 0.6 is 0 Å². The third-order valence-electron chi connectivity index (χ3n) is 3.09. The second-order valence-electron chi connectivity index (χ2n) is 5.14. The molecule has 2 rings (SSSR count). The van der Waals surface area contributed by atoms with Crippen LogP contribution in [0.5, 0.6) is 0 Å². The molecule has 3 nitrogen and oxygen atoms in total. The standard InChI is InChI=1S/C16H20FN3/c1-5-18-15-9-14(19-16(20-15)10(2)3)13-8-12(17)7-6-11(13)4/h6-10H,5H2,1-4H3,(H,18,19,20). The molecule has 0 aliphatic carbocycles. The molecule has 0 aliphatic rings. The van der Waals surface area contributed by atoms with Crippen molar-refractivity contribution in [3.8, 4) is 11.3 Å². The van der Waals surface area contributed by atoms with Crippen LogP contribution in [-0.2, 0) is 0 Å². The van der Waals surface area contributed by atoms with Crippen LogP contribution in [0.1, 0.15) is 38.1 Å². The zero-order valence-electron chi connectivity index (χ0n) is 12.4. The van der Waals surface area contributed by atoms with E-state index in [2.05, 4.69) is 15.3 Å². The first-order valence-corrected chi connectivity index (χ1v) is 6.90. The quantitative estimate of drug-likeness (QED) is 0.909. The number of halogens is 1. The third-order valence-corrected chi connectivity index (χ3v) is 3.09. The van der Waals surface area contributed by atoms with Gasteiger partial charge in [-0.2, -0.15) is 0 Å². The smallest absolute Gasteiger partial charge is 0.133 e. The normalized spacial score (nSPS) is 10.9. The summed E-state index contributed by atoms with van der Waals surface area (Å²) in [6.07, 6.45) is 0. The lowest BCUT2D eigenvalue weighted by molar-refractivity contribution is 0.628. The van der Waals surface area contributed by atoms with Crippen molar-refractivity contribution in [1.82, 2.24) is 9.97 Å². The highest BCUT2D eigenvalue weighted by molar-refractivity contribution is 5.66. The molecule has 4 heteroatoms. The van der Waals surface area contributed by atoms with Gasteiger partial charge in [-0.1, -0.05) is 19.9 Å². The number of benzene rings is 1. The van der Waals surface area contributed by atoms with Gasteiger partial charge in [0, 0.05) is 24.1 Å². The Hall–Kier alpha value is -1.97. The van der Waals surface area contributed by atoms with Crippen molar-refractivity contribution < 1.29 is 4.39 Å². The van der Waals surface area contributed by atoms with Gasteiger partial charge >= 0.3 is 0 Å². The highest BCUT2D eigenvalue weighted by atomic mass is 19.1. The lowest BCUT2D eigenvalue weighted by Crippen LogP contribution is -2.06. The van der Waals surface area contributed by atoms with E-state index in [1.54, 1.807) is 6.07 Å². The maximum atomic E-state index is 13.5. The molecule has 20 heavy (non-hydrogen) atoms. The Bertz CT molecular complexity index is 609. The Morgan fingerprint density at radius 2 is 1.95 bits per heavy atom. The Morgan fingerprint density at radius 3 is 2.60 bits per heavy atom. The summed E-state index contributed by atoms with van der Waals surface area (Å²) < 4.78 is 13.5. The second-order valence-corrected chi connectivity index (χ2v) is 5.14. The van der Waals surface area contributed by atoms with Gasteiger partial charge in [-0.25, -0.2) is 14.4 Å². The van der Waals surface area contributed by atoms with E-state index < -0.39 is 0 Å². The monoisotopic (exact) mass is 273 g/mol. The fourth-order valence-corrected chi connectivity index (χ4v) is 2.00. The molecule has 1 heterocycles. The van der Waals surface area contributed by atoms with Crippen molar-refractivity contribution in [1.29, 1.82) is 0 Å². The molecule has 1 aromatic carbocycles. The number of rotatable bonds is 4. The van der Waals surface area contributed by atoms with E-state index in [1.165, 1.54) is 12.1 Å². The number of nitrogens with zero attached hydrogens (tertiary/aromatic N) is 2. The lowest BCUT2D eigenvalue weighted by atomic mass is 10.0. The largest absolute Gasteiger partial charge is 0.370 e. The number of hydrogen-bond donors (Lipinski definition) is 1. The van der Waals surface area contributed by atoms with Gasteiger partial charge in [0.2, 0.25) is 0 Å². The van der Waals surface area contributed by atoms with Crippen molar-refractivity contribution in [3.63, 3.8) is 0 Å². The molecule has 1 aromatic heterocycles. The summed E-state index contributed by atoms with van der Waals surface area (Å²) in [5.41, 5.74) is 2.58. The summed E-state index contributed by atoms with van der Waals surface area (Å²) in [6.45, 7) is 8.86. The van der Waals surface area contributed by atoms with E-state index in [1.807, 2.05) is 33.8 Å². The predicted octanol–water partition coefficient (Wildman–Crippen LogP) is 4.15. The fourth-order valence-electron chi connectivity index (χ4n) is 2.00. The van der Waals surface area contributed by atoms with Crippen molar-refractivity contribution >= 4 is 5.82 Å². The zero-order chi connectivity index (χ0) is 14.7. The van der Waals surface area contributed by atoms with Crippen LogP contribution < -0.4 is 5.32 Å². The molecule has 0 atom stereocenters. The minimum Gasteiger partial charge on any atom is -0.370 e. The molecule has 0 radical (unpaired) electrons. The SMILES string of the molecule is CCNc1cc(-c2cc(F)ccc2C)nc(C(C)C)n1. The minimum absolute atomic E-state index is 0.223. The summed E-state index contributed by atoms with van der Waals surface area (Å²) in [4.78, 5) is 9.05. The van der Waals surface area contributed by atoms with E-state index in [0.717, 1.165) is 35.0 Å². The maximum absolute atomic E-state index is 13.5. The molecule has 0 fully saturated rings. The van der Waals surface area contributed by atoms with Crippen LogP contribution in [0.4, 0.5) is 10.2 Å². The number of nitrogens with one attached hydrogen (secondary N) is 1. The second kappa shape index (κ2) is 5.99. The van der Waals surface area contributed by atoms with E-state index >= 15 is 0 Å². The first kappa shape index (κ1) is 14.4. The topological polar surface area (TPSA) is 37.8 Å². The third kappa shape index (κ3) is 3.13. The molecule has 106 valence electrons. The summed E-state index contributed by atoms with van der Waals surface area (Å²) >= 11 is 0. The van der Waals surface area contributed by atoms with Gasteiger partial charge < -0.3 is 5.32 Å². The van der Waals surface area contributed by atoms with Gasteiger partial charge in [0.05, 0.1) is 5.69 Å². The molecule has 0 unspecified atom stereocenters. The lowest BCUT2D eigenvalue weighted by Gasteiger charge is -2.12. The summed E-state index contributed by atoms with van der Waals surface area (Å²) in [5, 5.41) is 3.20. The molecular weight excluding hydrogens is 253 g/mol. The minimum atomic E-state index is -0.250. The van der Waals surface area contributed by atoms with Gasteiger partial charge in [0.25, 0.3) is 0 Å². The van der Waals surface area contributed by atoms with Gasteiger partial charge in [0.1, 0.15) is 17.5 Å². The Balaban J connectivity index is 2.57. The predicted molar refractivity (Wildman–Crippen MR) is 80.4 cm³/mol. The van der Waals surface area contributed by atoms with Crippen LogP contribution in [0.15, 0.2) is 24.3 Å². The summed E-state index contributed by atoms with van der Waals surface area (Å²) in [7, 11) is 0. The molecule has 2 aromatic rings. The average molecular weight is 273 g/mol. The van der Waals surface area contributed by atoms with Crippen LogP contribution in [0, 0.1) is 12.7 Å². The molecule has 0 bridgehead atoms. The highest BCUT2D eigenvalue weighted by Crippen LogP contribution is 2.26. The molecular formula is C16H20FN3. The van der Waals surface area contributed by atoms with Gasteiger partial charge in [-0.15, -0.1) is 0 Å².